The second-order valence-corrected chi connectivity index (χ2v) is 7.38. The Morgan fingerprint density at radius 1 is 1.12 bits per heavy atom. The SMILES string of the molecule is Cc1oc(-c2cccs2)nc1CN1CCN(C(=O)c2ccccc2)CC1. The molecule has 1 aromatic carbocycles. The lowest BCUT2D eigenvalue weighted by atomic mass is 10.2. The molecule has 134 valence electrons. The van der Waals surface area contributed by atoms with Gasteiger partial charge in [-0.2, -0.15) is 0 Å². The van der Waals surface area contributed by atoms with Crippen molar-refractivity contribution in [2.45, 2.75) is 13.5 Å². The third-order valence-corrected chi connectivity index (χ3v) is 5.54. The molecule has 2 aromatic heterocycles. The number of carbonyl (C=O) groups is 1. The average molecular weight is 367 g/mol. The molecule has 0 N–H and O–H groups in total. The van der Waals surface area contributed by atoms with Crippen molar-refractivity contribution in [1.82, 2.24) is 14.8 Å². The van der Waals surface area contributed by atoms with Crippen LogP contribution in [-0.4, -0.2) is 46.9 Å². The normalized spacial score (nSPS) is 15.3. The van der Waals surface area contributed by atoms with Crippen LogP contribution in [0.4, 0.5) is 0 Å². The summed E-state index contributed by atoms with van der Waals surface area (Å²) in [7, 11) is 0. The van der Waals surface area contributed by atoms with Crippen LogP contribution in [0.3, 0.4) is 0 Å². The molecule has 5 nitrogen and oxygen atoms in total. The van der Waals surface area contributed by atoms with E-state index >= 15 is 0 Å². The van der Waals surface area contributed by atoms with E-state index in [1.54, 1.807) is 11.3 Å². The Morgan fingerprint density at radius 2 is 1.88 bits per heavy atom. The maximum absolute atomic E-state index is 12.5. The summed E-state index contributed by atoms with van der Waals surface area (Å²) in [5.74, 6) is 1.68. The molecule has 0 saturated carbocycles. The molecule has 0 atom stereocenters. The third-order valence-electron chi connectivity index (χ3n) is 4.68. The number of piperazine rings is 1. The highest BCUT2D eigenvalue weighted by Gasteiger charge is 2.23. The van der Waals surface area contributed by atoms with Crippen LogP contribution in [-0.2, 0) is 6.54 Å². The van der Waals surface area contributed by atoms with Gasteiger partial charge >= 0.3 is 0 Å². The van der Waals surface area contributed by atoms with Crippen LogP contribution in [0.5, 0.6) is 0 Å². The van der Waals surface area contributed by atoms with Crippen LogP contribution in [0.25, 0.3) is 10.8 Å². The smallest absolute Gasteiger partial charge is 0.253 e. The highest BCUT2D eigenvalue weighted by molar-refractivity contribution is 7.13. The Bertz CT molecular complexity index is 866. The second kappa shape index (κ2) is 7.43. The van der Waals surface area contributed by atoms with Crippen LogP contribution in [0, 0.1) is 6.92 Å². The molecule has 4 rings (SSSR count). The summed E-state index contributed by atoms with van der Waals surface area (Å²) < 4.78 is 5.83. The lowest BCUT2D eigenvalue weighted by Gasteiger charge is -2.34. The molecule has 3 heterocycles. The first kappa shape index (κ1) is 17.0. The molecule has 1 aliphatic heterocycles. The second-order valence-electron chi connectivity index (χ2n) is 6.43. The van der Waals surface area contributed by atoms with Crippen molar-refractivity contribution in [1.29, 1.82) is 0 Å². The molecule has 1 aliphatic rings. The number of hydrogen-bond acceptors (Lipinski definition) is 5. The lowest BCUT2D eigenvalue weighted by Crippen LogP contribution is -2.48. The van der Waals surface area contributed by atoms with Gasteiger partial charge in [-0.05, 0) is 30.5 Å². The van der Waals surface area contributed by atoms with E-state index in [9.17, 15) is 4.79 Å². The van der Waals surface area contributed by atoms with Gasteiger partial charge in [0.15, 0.2) is 0 Å². The van der Waals surface area contributed by atoms with E-state index in [1.165, 1.54) is 0 Å². The highest BCUT2D eigenvalue weighted by Crippen LogP contribution is 2.26. The predicted molar refractivity (Wildman–Crippen MR) is 102 cm³/mol. The maximum Gasteiger partial charge on any atom is 0.253 e. The summed E-state index contributed by atoms with van der Waals surface area (Å²) in [6.07, 6.45) is 0. The fourth-order valence-corrected chi connectivity index (χ4v) is 3.81. The Hall–Kier alpha value is -2.44. The van der Waals surface area contributed by atoms with Gasteiger partial charge < -0.3 is 9.32 Å². The predicted octanol–water partition coefficient (Wildman–Crippen LogP) is 3.67. The van der Waals surface area contributed by atoms with Crippen molar-refractivity contribution in [3.63, 3.8) is 0 Å². The number of aryl methyl sites for hydroxylation is 1. The van der Waals surface area contributed by atoms with E-state index in [1.807, 2.05) is 59.7 Å². The van der Waals surface area contributed by atoms with E-state index in [-0.39, 0.29) is 5.91 Å². The van der Waals surface area contributed by atoms with E-state index in [0.717, 1.165) is 54.6 Å². The van der Waals surface area contributed by atoms with E-state index in [0.29, 0.717) is 5.89 Å². The van der Waals surface area contributed by atoms with Crippen molar-refractivity contribution in [3.05, 3.63) is 64.9 Å². The molecule has 6 heteroatoms. The van der Waals surface area contributed by atoms with Crippen molar-refractivity contribution in [2.24, 2.45) is 0 Å². The molecular weight excluding hydrogens is 346 g/mol. The molecule has 26 heavy (non-hydrogen) atoms. The molecular formula is C20H21N3O2S. The Morgan fingerprint density at radius 3 is 2.58 bits per heavy atom. The van der Waals surface area contributed by atoms with Gasteiger partial charge in [0.05, 0.1) is 10.6 Å². The number of aromatic nitrogens is 1. The number of thiophene rings is 1. The number of carbonyl (C=O) groups excluding carboxylic acids is 1. The van der Waals surface area contributed by atoms with Gasteiger partial charge in [0, 0.05) is 38.3 Å². The van der Waals surface area contributed by atoms with Crippen LogP contribution in [0.1, 0.15) is 21.8 Å². The van der Waals surface area contributed by atoms with Gasteiger partial charge in [-0.25, -0.2) is 4.98 Å². The summed E-state index contributed by atoms with van der Waals surface area (Å²) in [6, 6.07) is 13.5. The van der Waals surface area contributed by atoms with E-state index in [4.69, 9.17) is 4.42 Å². The fourth-order valence-electron chi connectivity index (χ4n) is 3.16. The van der Waals surface area contributed by atoms with Crippen molar-refractivity contribution >= 4 is 17.2 Å². The fraction of sp³-hybridized carbons (Fsp3) is 0.300. The summed E-state index contributed by atoms with van der Waals surface area (Å²) in [5.41, 5.74) is 1.74. The summed E-state index contributed by atoms with van der Waals surface area (Å²) in [5, 5.41) is 2.03. The number of benzene rings is 1. The first-order valence-electron chi connectivity index (χ1n) is 8.77. The average Bonchev–Trinajstić information content (AvgIpc) is 3.33. The summed E-state index contributed by atoms with van der Waals surface area (Å²) >= 11 is 1.63. The first-order chi connectivity index (χ1) is 12.7. The number of hydrogen-bond donors (Lipinski definition) is 0. The number of amides is 1. The minimum absolute atomic E-state index is 0.114. The van der Waals surface area contributed by atoms with Gasteiger partial charge in [-0.1, -0.05) is 24.3 Å². The van der Waals surface area contributed by atoms with Gasteiger partial charge in [0.1, 0.15) is 5.76 Å². The standard InChI is InChI=1S/C20H21N3O2S/c1-15-17(21-19(25-15)18-8-5-13-26-18)14-22-9-11-23(12-10-22)20(24)16-6-3-2-4-7-16/h2-8,13H,9-12,14H2,1H3. The highest BCUT2D eigenvalue weighted by atomic mass is 32.1. The zero-order valence-electron chi connectivity index (χ0n) is 14.7. The number of nitrogens with zero attached hydrogens (tertiary/aromatic N) is 3. The quantitative estimate of drug-likeness (QED) is 0.706. The molecule has 1 fully saturated rings. The van der Waals surface area contributed by atoms with E-state index in [2.05, 4.69) is 9.88 Å². The van der Waals surface area contributed by atoms with Gasteiger partial charge in [-0.3, -0.25) is 9.69 Å². The molecule has 0 spiro atoms. The largest absolute Gasteiger partial charge is 0.440 e. The zero-order chi connectivity index (χ0) is 17.9. The van der Waals surface area contributed by atoms with Crippen molar-refractivity contribution in [3.8, 4) is 10.8 Å². The van der Waals surface area contributed by atoms with Crippen LogP contribution in [0.15, 0.2) is 52.3 Å². The monoisotopic (exact) mass is 367 g/mol. The Labute approximate surface area is 156 Å². The van der Waals surface area contributed by atoms with E-state index < -0.39 is 0 Å². The minimum atomic E-state index is 0.114. The van der Waals surface area contributed by atoms with Crippen molar-refractivity contribution in [2.75, 3.05) is 26.2 Å². The first-order valence-corrected chi connectivity index (χ1v) is 9.65. The molecule has 0 radical (unpaired) electrons. The molecule has 1 amide bonds. The molecule has 3 aromatic rings. The lowest BCUT2D eigenvalue weighted by molar-refractivity contribution is 0.0626. The minimum Gasteiger partial charge on any atom is -0.440 e. The van der Waals surface area contributed by atoms with Crippen LogP contribution >= 0.6 is 11.3 Å². The van der Waals surface area contributed by atoms with Crippen LogP contribution < -0.4 is 0 Å². The summed E-state index contributed by atoms with van der Waals surface area (Å²) in [6.45, 7) is 5.89. The number of rotatable bonds is 4. The molecule has 1 saturated heterocycles. The Balaban J connectivity index is 1.36. The third kappa shape index (κ3) is 3.57. The molecule has 0 aliphatic carbocycles. The van der Waals surface area contributed by atoms with Gasteiger partial charge in [-0.15, -0.1) is 11.3 Å². The van der Waals surface area contributed by atoms with Gasteiger partial charge in [0.2, 0.25) is 5.89 Å². The molecule has 0 unspecified atom stereocenters. The summed E-state index contributed by atoms with van der Waals surface area (Å²) in [4.78, 5) is 22.5. The van der Waals surface area contributed by atoms with Gasteiger partial charge in [0.25, 0.3) is 5.91 Å². The van der Waals surface area contributed by atoms with Crippen LogP contribution in [0.2, 0.25) is 0 Å². The topological polar surface area (TPSA) is 49.6 Å². The Kier molecular flexibility index (Phi) is 4.86. The zero-order valence-corrected chi connectivity index (χ0v) is 15.5. The molecule has 0 bridgehead atoms. The number of oxazole rings is 1. The van der Waals surface area contributed by atoms with Crippen molar-refractivity contribution < 1.29 is 9.21 Å². The maximum atomic E-state index is 12.5.